The lowest BCUT2D eigenvalue weighted by molar-refractivity contribution is -0.141. The minimum absolute atomic E-state index is 0.401. The maximum Gasteiger partial charge on any atom is 0.325 e. The molecule has 4 N–H and O–H groups in total. The Morgan fingerprint density at radius 1 is 1.53 bits per heavy atom. The summed E-state index contributed by atoms with van der Waals surface area (Å²) >= 11 is 1.70. The molecule has 0 aromatic rings. The van der Waals surface area contributed by atoms with Crippen molar-refractivity contribution >= 4 is 23.6 Å². The van der Waals surface area contributed by atoms with Gasteiger partial charge in [0.15, 0.2) is 0 Å². The van der Waals surface area contributed by atoms with Crippen molar-refractivity contribution in [1.82, 2.24) is 5.32 Å². The van der Waals surface area contributed by atoms with E-state index in [1.165, 1.54) is 6.92 Å². The summed E-state index contributed by atoms with van der Waals surface area (Å²) in [6.07, 6.45) is 0.566. The molecule has 0 aromatic heterocycles. The normalized spacial score (nSPS) is 14.3. The van der Waals surface area contributed by atoms with E-state index in [9.17, 15) is 9.59 Å². The highest BCUT2D eigenvalue weighted by atomic mass is 32.2. The van der Waals surface area contributed by atoms with Crippen LogP contribution in [-0.4, -0.2) is 40.6 Å². The van der Waals surface area contributed by atoms with Gasteiger partial charge in [-0.15, -0.1) is 0 Å². The number of carbonyl (C=O) groups is 2. The van der Waals surface area contributed by atoms with Crippen LogP contribution in [0.5, 0.6) is 0 Å². The van der Waals surface area contributed by atoms with E-state index in [2.05, 4.69) is 5.32 Å². The first kappa shape index (κ1) is 14.2. The van der Waals surface area contributed by atoms with Crippen molar-refractivity contribution in [2.75, 3.05) is 11.5 Å². The number of aliphatic carboxylic acids is 1. The third kappa shape index (κ3) is 6.35. The number of thioether (sulfide) groups is 1. The molecule has 0 rings (SSSR count). The Bertz CT molecular complexity index is 223. The Balaban J connectivity index is 3.83. The van der Waals surface area contributed by atoms with Crippen molar-refractivity contribution in [3.05, 3.63) is 0 Å². The molecule has 6 heteroatoms. The van der Waals surface area contributed by atoms with Gasteiger partial charge in [0.1, 0.15) is 6.04 Å². The van der Waals surface area contributed by atoms with Gasteiger partial charge < -0.3 is 16.2 Å². The Labute approximate surface area is 93.8 Å². The molecule has 0 heterocycles. The molecule has 0 saturated heterocycles. The quantitative estimate of drug-likeness (QED) is 0.541. The van der Waals surface area contributed by atoms with Gasteiger partial charge in [-0.05, 0) is 24.9 Å². The third-order valence-electron chi connectivity index (χ3n) is 1.84. The number of carboxylic acid groups (broad SMARTS) is 1. The molecule has 2 atom stereocenters. The molecule has 0 aromatic carbocycles. The van der Waals surface area contributed by atoms with Crippen molar-refractivity contribution in [2.24, 2.45) is 5.73 Å². The number of carbonyl (C=O) groups excluding carboxylic acids is 1. The lowest BCUT2D eigenvalue weighted by Gasteiger charge is -2.14. The predicted octanol–water partition coefficient (Wildman–Crippen LogP) is 0.0462. The van der Waals surface area contributed by atoms with E-state index < -0.39 is 24.0 Å². The van der Waals surface area contributed by atoms with Crippen molar-refractivity contribution in [3.8, 4) is 0 Å². The fourth-order valence-corrected chi connectivity index (χ4v) is 1.58. The summed E-state index contributed by atoms with van der Waals surface area (Å²) in [5.74, 6) is 0.340. The van der Waals surface area contributed by atoms with Crippen LogP contribution in [0.15, 0.2) is 0 Å². The highest BCUT2D eigenvalue weighted by Crippen LogP contribution is 2.03. The Morgan fingerprint density at radius 2 is 2.13 bits per heavy atom. The summed E-state index contributed by atoms with van der Waals surface area (Å²) in [7, 11) is 0. The fourth-order valence-electron chi connectivity index (χ4n) is 0.868. The second-order valence-electron chi connectivity index (χ2n) is 3.16. The van der Waals surface area contributed by atoms with E-state index in [0.29, 0.717) is 6.42 Å². The molecule has 88 valence electrons. The van der Waals surface area contributed by atoms with Gasteiger partial charge in [-0.3, -0.25) is 9.59 Å². The van der Waals surface area contributed by atoms with Crippen LogP contribution < -0.4 is 11.1 Å². The molecule has 0 aliphatic heterocycles. The zero-order chi connectivity index (χ0) is 11.8. The van der Waals surface area contributed by atoms with Crippen LogP contribution in [0.4, 0.5) is 0 Å². The number of nitrogens with two attached hydrogens (primary N) is 1. The number of rotatable bonds is 7. The first-order valence-corrected chi connectivity index (χ1v) is 6.01. The Hall–Kier alpha value is -0.750. The first-order valence-electron chi connectivity index (χ1n) is 4.85. The highest BCUT2D eigenvalue weighted by molar-refractivity contribution is 7.99. The minimum Gasteiger partial charge on any atom is -0.480 e. The fraction of sp³-hybridized carbons (Fsp3) is 0.778. The van der Waals surface area contributed by atoms with Gasteiger partial charge >= 0.3 is 5.97 Å². The van der Waals surface area contributed by atoms with Crippen LogP contribution in [0.25, 0.3) is 0 Å². The molecule has 5 nitrogen and oxygen atoms in total. The predicted molar refractivity (Wildman–Crippen MR) is 60.8 cm³/mol. The average Bonchev–Trinajstić information content (AvgIpc) is 2.17. The van der Waals surface area contributed by atoms with Gasteiger partial charge in [0.2, 0.25) is 5.91 Å². The number of hydrogen-bond donors (Lipinski definition) is 3. The average molecular weight is 234 g/mol. The van der Waals surface area contributed by atoms with Crippen molar-refractivity contribution < 1.29 is 14.7 Å². The molecule has 0 saturated carbocycles. The van der Waals surface area contributed by atoms with Gasteiger partial charge in [-0.1, -0.05) is 6.92 Å². The van der Waals surface area contributed by atoms with Crippen molar-refractivity contribution in [2.45, 2.75) is 32.4 Å². The molecular formula is C9H18N2O3S. The lowest BCUT2D eigenvalue weighted by Crippen LogP contribution is -2.47. The smallest absolute Gasteiger partial charge is 0.325 e. The molecule has 0 fully saturated rings. The molecule has 0 aliphatic carbocycles. The highest BCUT2D eigenvalue weighted by Gasteiger charge is 2.18. The largest absolute Gasteiger partial charge is 0.480 e. The van der Waals surface area contributed by atoms with Crippen molar-refractivity contribution in [1.29, 1.82) is 0 Å². The summed E-state index contributed by atoms with van der Waals surface area (Å²) in [5, 5.41) is 10.9. The molecular weight excluding hydrogens is 216 g/mol. The number of carboxylic acids is 1. The third-order valence-corrected chi connectivity index (χ3v) is 2.78. The summed E-state index contributed by atoms with van der Waals surface area (Å²) in [4.78, 5) is 21.8. The van der Waals surface area contributed by atoms with E-state index >= 15 is 0 Å². The first-order chi connectivity index (χ1) is 6.99. The second kappa shape index (κ2) is 7.53. The van der Waals surface area contributed by atoms with Gasteiger partial charge in [0.05, 0.1) is 6.04 Å². The van der Waals surface area contributed by atoms with Gasteiger partial charge in [0.25, 0.3) is 0 Å². The summed E-state index contributed by atoms with van der Waals surface area (Å²) < 4.78 is 0. The monoisotopic (exact) mass is 234 g/mol. The van der Waals surface area contributed by atoms with Crippen molar-refractivity contribution in [3.63, 3.8) is 0 Å². The van der Waals surface area contributed by atoms with Gasteiger partial charge in [-0.2, -0.15) is 11.8 Å². The summed E-state index contributed by atoms with van der Waals surface area (Å²) in [5.41, 5.74) is 5.59. The topological polar surface area (TPSA) is 92.4 Å². The second-order valence-corrected chi connectivity index (χ2v) is 4.55. The lowest BCUT2D eigenvalue weighted by atomic mass is 10.2. The van der Waals surface area contributed by atoms with Crippen LogP contribution in [0.1, 0.15) is 20.3 Å². The van der Waals surface area contributed by atoms with Crippen LogP contribution in [0, 0.1) is 0 Å². The zero-order valence-corrected chi connectivity index (χ0v) is 9.84. The molecule has 0 unspecified atom stereocenters. The SMILES string of the molecule is CCSCC[C@H](N)C(=O)N[C@@H](C)C(=O)O. The van der Waals surface area contributed by atoms with E-state index in [0.717, 1.165) is 11.5 Å². The van der Waals surface area contributed by atoms with Gasteiger partial charge in [0, 0.05) is 0 Å². The van der Waals surface area contributed by atoms with Crippen LogP contribution in [0.3, 0.4) is 0 Å². The maximum atomic E-state index is 11.3. The Morgan fingerprint density at radius 3 is 2.60 bits per heavy atom. The minimum atomic E-state index is -1.06. The number of hydrogen-bond acceptors (Lipinski definition) is 4. The van der Waals surface area contributed by atoms with Crippen LogP contribution in [-0.2, 0) is 9.59 Å². The molecule has 15 heavy (non-hydrogen) atoms. The molecule has 0 radical (unpaired) electrons. The summed E-state index contributed by atoms with van der Waals surface area (Å²) in [6, 6.07) is -1.51. The van der Waals surface area contributed by atoms with Crippen LogP contribution >= 0.6 is 11.8 Å². The van der Waals surface area contributed by atoms with E-state index in [1.54, 1.807) is 11.8 Å². The van der Waals surface area contributed by atoms with E-state index in [-0.39, 0.29) is 0 Å². The number of nitrogens with one attached hydrogen (secondary N) is 1. The Kier molecular flexibility index (Phi) is 7.15. The van der Waals surface area contributed by atoms with E-state index in [4.69, 9.17) is 10.8 Å². The standard InChI is InChI=1S/C9H18N2O3S/c1-3-15-5-4-7(10)8(12)11-6(2)9(13)14/h6-7H,3-5,10H2,1-2H3,(H,11,12)(H,13,14)/t6-,7-/m0/s1. The molecule has 0 bridgehead atoms. The molecule has 0 aliphatic rings. The summed E-state index contributed by atoms with van der Waals surface area (Å²) in [6.45, 7) is 3.44. The van der Waals surface area contributed by atoms with Crippen LogP contribution in [0.2, 0.25) is 0 Å². The molecule has 0 spiro atoms. The zero-order valence-electron chi connectivity index (χ0n) is 9.03. The maximum absolute atomic E-state index is 11.3. The number of amides is 1. The van der Waals surface area contributed by atoms with Gasteiger partial charge in [-0.25, -0.2) is 0 Å². The van der Waals surface area contributed by atoms with E-state index in [1.807, 2.05) is 6.92 Å². The molecule has 1 amide bonds.